The number of amides is 1. The molecule has 20 heavy (non-hydrogen) atoms. The summed E-state index contributed by atoms with van der Waals surface area (Å²) in [6, 6.07) is 5.03. The number of halogens is 3. The lowest BCUT2D eigenvalue weighted by Crippen LogP contribution is -2.40. The zero-order chi connectivity index (χ0) is 15.3. The number of carbonyl (C=O) groups excluding carboxylic acids is 1. The average molecular weight is 306 g/mol. The van der Waals surface area contributed by atoms with E-state index in [0.29, 0.717) is 6.42 Å². The molecular weight excluding hydrogens is 289 g/mol. The highest BCUT2D eigenvalue weighted by atomic mass is 32.2. The zero-order valence-electron chi connectivity index (χ0n) is 11.2. The molecule has 0 saturated heterocycles. The van der Waals surface area contributed by atoms with E-state index in [-0.39, 0.29) is 28.3 Å². The number of benzene rings is 1. The number of nitrogens with two attached hydrogens (primary N) is 1. The van der Waals surface area contributed by atoms with Gasteiger partial charge in [-0.25, -0.2) is 0 Å². The topological polar surface area (TPSA) is 55.1 Å². The van der Waals surface area contributed by atoms with E-state index in [2.05, 4.69) is 5.32 Å². The van der Waals surface area contributed by atoms with Crippen molar-refractivity contribution in [3.63, 3.8) is 0 Å². The fraction of sp³-hybridized carbons (Fsp3) is 0.462. The summed E-state index contributed by atoms with van der Waals surface area (Å²) in [6.45, 7) is 3.71. The van der Waals surface area contributed by atoms with Crippen LogP contribution in [0.15, 0.2) is 29.2 Å². The second-order valence-corrected chi connectivity index (χ2v) is 5.55. The smallest absolute Gasteiger partial charge is 0.324 e. The van der Waals surface area contributed by atoms with Gasteiger partial charge >= 0.3 is 5.51 Å². The molecular formula is C13H17F3N2OS. The number of hydrogen-bond acceptors (Lipinski definition) is 3. The average Bonchev–Trinajstić information content (AvgIpc) is 2.37. The minimum Gasteiger partial charge on any atom is -0.324 e. The van der Waals surface area contributed by atoms with E-state index < -0.39 is 17.5 Å². The summed E-state index contributed by atoms with van der Waals surface area (Å²) in [5.74, 6) is -0.521. The predicted molar refractivity (Wildman–Crippen MR) is 74.4 cm³/mol. The Morgan fingerprint density at radius 1 is 1.40 bits per heavy atom. The quantitative estimate of drug-likeness (QED) is 0.817. The lowest BCUT2D eigenvalue weighted by Gasteiger charge is -2.19. The van der Waals surface area contributed by atoms with Gasteiger partial charge in [-0.1, -0.05) is 32.4 Å². The van der Waals surface area contributed by atoms with Crippen molar-refractivity contribution >= 4 is 23.4 Å². The van der Waals surface area contributed by atoms with E-state index in [0.717, 1.165) is 0 Å². The van der Waals surface area contributed by atoms with Crippen LogP contribution in [0.1, 0.15) is 20.3 Å². The molecule has 0 heterocycles. The Morgan fingerprint density at radius 3 is 2.55 bits per heavy atom. The van der Waals surface area contributed by atoms with Gasteiger partial charge in [-0.05, 0) is 29.8 Å². The van der Waals surface area contributed by atoms with Crippen molar-refractivity contribution in [2.24, 2.45) is 11.7 Å². The summed E-state index contributed by atoms with van der Waals surface area (Å²) in [6.07, 6.45) is 0.716. The monoisotopic (exact) mass is 306 g/mol. The minimum absolute atomic E-state index is 0.0440. The lowest BCUT2D eigenvalue weighted by atomic mass is 9.99. The predicted octanol–water partition coefficient (Wildman–Crippen LogP) is 3.61. The summed E-state index contributed by atoms with van der Waals surface area (Å²) in [4.78, 5) is 11.9. The van der Waals surface area contributed by atoms with Gasteiger partial charge in [-0.3, -0.25) is 4.79 Å². The van der Waals surface area contributed by atoms with Crippen LogP contribution in [-0.4, -0.2) is 17.5 Å². The molecule has 0 aliphatic carbocycles. The molecule has 1 amide bonds. The first-order chi connectivity index (χ1) is 9.24. The zero-order valence-corrected chi connectivity index (χ0v) is 12.0. The summed E-state index contributed by atoms with van der Waals surface area (Å²) < 4.78 is 37.3. The van der Waals surface area contributed by atoms with Crippen molar-refractivity contribution in [2.45, 2.75) is 36.7 Å². The Bertz CT molecular complexity index is 465. The Balaban J connectivity index is 2.85. The van der Waals surface area contributed by atoms with Gasteiger partial charge < -0.3 is 11.1 Å². The van der Waals surface area contributed by atoms with Crippen LogP contribution < -0.4 is 11.1 Å². The third-order valence-electron chi connectivity index (χ3n) is 2.93. The number of hydrogen-bond donors (Lipinski definition) is 2. The molecule has 3 N–H and O–H groups in total. The summed E-state index contributed by atoms with van der Waals surface area (Å²) in [7, 11) is 0. The van der Waals surface area contributed by atoms with E-state index in [9.17, 15) is 18.0 Å². The SMILES string of the molecule is CC[C@H](C)[C@H](N)C(=O)Nc1ccccc1SC(F)(F)F. The molecule has 7 heteroatoms. The van der Waals surface area contributed by atoms with E-state index in [4.69, 9.17) is 5.73 Å². The molecule has 1 aromatic rings. The third-order valence-corrected chi connectivity index (χ3v) is 3.74. The molecule has 112 valence electrons. The molecule has 2 atom stereocenters. The van der Waals surface area contributed by atoms with Gasteiger partial charge in [0.05, 0.1) is 11.7 Å². The molecule has 0 aliphatic heterocycles. The number of anilines is 1. The highest BCUT2D eigenvalue weighted by Crippen LogP contribution is 2.40. The first-order valence-electron chi connectivity index (χ1n) is 6.15. The van der Waals surface area contributed by atoms with Crippen LogP contribution in [0.2, 0.25) is 0 Å². The fourth-order valence-electron chi connectivity index (χ4n) is 1.51. The fourth-order valence-corrected chi connectivity index (χ4v) is 2.14. The van der Waals surface area contributed by atoms with Crippen molar-refractivity contribution in [1.82, 2.24) is 0 Å². The molecule has 0 radical (unpaired) electrons. The van der Waals surface area contributed by atoms with Crippen molar-refractivity contribution in [3.8, 4) is 0 Å². The molecule has 0 unspecified atom stereocenters. The normalized spacial score (nSPS) is 14.7. The summed E-state index contributed by atoms with van der Waals surface area (Å²) >= 11 is -0.260. The summed E-state index contributed by atoms with van der Waals surface area (Å²) in [5, 5.41) is 2.46. The number of carbonyl (C=O) groups is 1. The van der Waals surface area contributed by atoms with Gasteiger partial charge in [0.25, 0.3) is 0 Å². The number of para-hydroxylation sites is 1. The van der Waals surface area contributed by atoms with Gasteiger partial charge in [-0.15, -0.1) is 0 Å². The second-order valence-electron chi connectivity index (χ2n) is 4.44. The van der Waals surface area contributed by atoms with E-state index >= 15 is 0 Å². The molecule has 0 saturated carbocycles. The number of thioether (sulfide) groups is 1. The number of rotatable bonds is 5. The van der Waals surface area contributed by atoms with Gasteiger partial charge in [0, 0.05) is 4.90 Å². The minimum atomic E-state index is -4.40. The Morgan fingerprint density at radius 2 is 2.00 bits per heavy atom. The lowest BCUT2D eigenvalue weighted by molar-refractivity contribution is -0.118. The first-order valence-corrected chi connectivity index (χ1v) is 6.97. The third kappa shape index (κ3) is 5.05. The number of nitrogens with one attached hydrogen (secondary N) is 1. The highest BCUT2D eigenvalue weighted by molar-refractivity contribution is 8.00. The van der Waals surface area contributed by atoms with Crippen LogP contribution >= 0.6 is 11.8 Å². The molecule has 3 nitrogen and oxygen atoms in total. The summed E-state index contributed by atoms with van der Waals surface area (Å²) in [5.41, 5.74) is 1.48. The van der Waals surface area contributed by atoms with Crippen LogP contribution in [0.4, 0.5) is 18.9 Å². The van der Waals surface area contributed by atoms with Crippen LogP contribution in [0.3, 0.4) is 0 Å². The van der Waals surface area contributed by atoms with Gasteiger partial charge in [0.2, 0.25) is 5.91 Å². The molecule has 1 rings (SSSR count). The maximum absolute atomic E-state index is 12.4. The molecule has 1 aromatic carbocycles. The largest absolute Gasteiger partial charge is 0.446 e. The van der Waals surface area contributed by atoms with Crippen molar-refractivity contribution in [3.05, 3.63) is 24.3 Å². The van der Waals surface area contributed by atoms with Crippen molar-refractivity contribution in [2.75, 3.05) is 5.32 Å². The van der Waals surface area contributed by atoms with Crippen LogP contribution in [-0.2, 0) is 4.79 Å². The van der Waals surface area contributed by atoms with Gasteiger partial charge in [-0.2, -0.15) is 13.2 Å². The van der Waals surface area contributed by atoms with Crippen molar-refractivity contribution in [1.29, 1.82) is 0 Å². The first kappa shape index (κ1) is 16.8. The molecule has 0 aromatic heterocycles. The molecule has 0 fully saturated rings. The number of alkyl halides is 3. The van der Waals surface area contributed by atoms with Crippen LogP contribution in [0, 0.1) is 5.92 Å². The Kier molecular flexibility index (Phi) is 5.88. The maximum Gasteiger partial charge on any atom is 0.446 e. The Hall–Kier alpha value is -1.21. The standard InChI is InChI=1S/C13H17F3N2OS/c1-3-8(2)11(17)12(19)18-9-6-4-5-7-10(9)20-13(14,15)16/h4-8,11H,3,17H2,1-2H3,(H,18,19)/t8-,11-/m0/s1. The molecule has 0 spiro atoms. The van der Waals surface area contributed by atoms with E-state index in [1.807, 2.05) is 13.8 Å². The maximum atomic E-state index is 12.4. The van der Waals surface area contributed by atoms with Gasteiger partial charge in [0.15, 0.2) is 0 Å². The van der Waals surface area contributed by atoms with Crippen molar-refractivity contribution < 1.29 is 18.0 Å². The second kappa shape index (κ2) is 6.99. The Labute approximate surface area is 120 Å². The molecule has 0 bridgehead atoms. The van der Waals surface area contributed by atoms with E-state index in [1.54, 1.807) is 6.07 Å². The van der Waals surface area contributed by atoms with Crippen LogP contribution in [0.5, 0.6) is 0 Å². The van der Waals surface area contributed by atoms with Crippen LogP contribution in [0.25, 0.3) is 0 Å². The molecule has 0 aliphatic rings. The van der Waals surface area contributed by atoms with E-state index in [1.165, 1.54) is 18.2 Å². The van der Waals surface area contributed by atoms with Gasteiger partial charge in [0.1, 0.15) is 0 Å². The highest BCUT2D eigenvalue weighted by Gasteiger charge is 2.31.